The van der Waals surface area contributed by atoms with E-state index in [9.17, 15) is 4.79 Å². The van der Waals surface area contributed by atoms with Crippen molar-refractivity contribution in [2.45, 2.75) is 0 Å². The molecule has 98 valence electrons. The highest BCUT2D eigenvalue weighted by Crippen LogP contribution is 2.25. The van der Waals surface area contributed by atoms with Crippen molar-refractivity contribution < 1.29 is 9.53 Å². The van der Waals surface area contributed by atoms with Crippen LogP contribution in [0.25, 0.3) is 16.8 Å². The molecular formula is C17H12O2S. The molecule has 0 radical (unpaired) electrons. The van der Waals surface area contributed by atoms with Crippen LogP contribution >= 0.6 is 11.3 Å². The van der Waals surface area contributed by atoms with Gasteiger partial charge in [0.05, 0.1) is 0 Å². The van der Waals surface area contributed by atoms with Gasteiger partial charge in [-0.15, -0.1) is 11.3 Å². The van der Waals surface area contributed by atoms with E-state index in [1.165, 1.54) is 6.08 Å². The van der Waals surface area contributed by atoms with Crippen LogP contribution in [0.5, 0.6) is 5.75 Å². The standard InChI is InChI=1S/C17H12O2S/c18-17(11-10-14-7-4-12-20-14)19-16-9-3-6-13-5-1-2-8-15(13)16/h1-12H/b11-10+. The van der Waals surface area contributed by atoms with Crippen molar-refractivity contribution in [1.82, 2.24) is 0 Å². The van der Waals surface area contributed by atoms with Crippen LogP contribution in [0.3, 0.4) is 0 Å². The van der Waals surface area contributed by atoms with E-state index < -0.39 is 0 Å². The number of fused-ring (bicyclic) bond motifs is 1. The maximum Gasteiger partial charge on any atom is 0.336 e. The predicted octanol–water partition coefficient (Wildman–Crippen LogP) is 4.52. The second-order valence-electron chi connectivity index (χ2n) is 4.25. The zero-order chi connectivity index (χ0) is 13.8. The summed E-state index contributed by atoms with van der Waals surface area (Å²) in [6.45, 7) is 0. The summed E-state index contributed by atoms with van der Waals surface area (Å²) < 4.78 is 5.40. The quantitative estimate of drug-likeness (QED) is 0.400. The Morgan fingerprint density at radius 2 is 1.85 bits per heavy atom. The lowest BCUT2D eigenvalue weighted by Crippen LogP contribution is -2.03. The molecule has 3 heteroatoms. The van der Waals surface area contributed by atoms with E-state index in [-0.39, 0.29) is 5.97 Å². The Bertz CT molecular complexity index is 752. The first-order chi connectivity index (χ1) is 9.83. The molecule has 0 unspecified atom stereocenters. The molecule has 0 N–H and O–H groups in total. The molecule has 2 aromatic carbocycles. The third-order valence-electron chi connectivity index (χ3n) is 2.89. The van der Waals surface area contributed by atoms with Gasteiger partial charge in [0.2, 0.25) is 0 Å². The molecule has 0 aliphatic heterocycles. The number of hydrogen-bond donors (Lipinski definition) is 0. The normalized spacial score (nSPS) is 11.0. The first kappa shape index (κ1) is 12.6. The summed E-state index contributed by atoms with van der Waals surface area (Å²) in [6, 6.07) is 17.4. The number of carbonyl (C=O) groups is 1. The van der Waals surface area contributed by atoms with Gasteiger partial charge in [-0.1, -0.05) is 42.5 Å². The summed E-state index contributed by atoms with van der Waals surface area (Å²) in [6.07, 6.45) is 3.21. The second kappa shape index (κ2) is 5.72. The third kappa shape index (κ3) is 2.78. The molecule has 20 heavy (non-hydrogen) atoms. The van der Waals surface area contributed by atoms with Gasteiger partial charge in [0.25, 0.3) is 0 Å². The molecule has 0 spiro atoms. The maximum atomic E-state index is 11.8. The van der Waals surface area contributed by atoms with Crippen LogP contribution in [-0.2, 0) is 4.79 Å². The zero-order valence-electron chi connectivity index (χ0n) is 10.7. The van der Waals surface area contributed by atoms with Crippen LogP contribution in [0.2, 0.25) is 0 Å². The zero-order valence-corrected chi connectivity index (χ0v) is 11.5. The lowest BCUT2D eigenvalue weighted by Gasteiger charge is -2.05. The van der Waals surface area contributed by atoms with Crippen molar-refractivity contribution >= 4 is 34.2 Å². The molecule has 0 bridgehead atoms. The van der Waals surface area contributed by atoms with Crippen LogP contribution in [0.15, 0.2) is 66.1 Å². The molecule has 0 aliphatic carbocycles. The summed E-state index contributed by atoms with van der Waals surface area (Å²) in [7, 11) is 0. The highest BCUT2D eigenvalue weighted by Gasteiger charge is 2.05. The van der Waals surface area contributed by atoms with E-state index in [1.807, 2.05) is 53.9 Å². The molecule has 0 atom stereocenters. The van der Waals surface area contributed by atoms with E-state index >= 15 is 0 Å². The SMILES string of the molecule is O=C(/C=C/c1cccs1)Oc1cccc2ccccc12. The van der Waals surface area contributed by atoms with E-state index in [2.05, 4.69) is 0 Å². The van der Waals surface area contributed by atoms with Gasteiger partial charge in [-0.2, -0.15) is 0 Å². The van der Waals surface area contributed by atoms with Gasteiger partial charge < -0.3 is 4.74 Å². The predicted molar refractivity (Wildman–Crippen MR) is 82.9 cm³/mol. The Morgan fingerprint density at radius 3 is 2.70 bits per heavy atom. The molecule has 0 fully saturated rings. The van der Waals surface area contributed by atoms with Crippen LogP contribution in [-0.4, -0.2) is 5.97 Å². The van der Waals surface area contributed by atoms with Gasteiger partial charge in [0.1, 0.15) is 5.75 Å². The third-order valence-corrected chi connectivity index (χ3v) is 3.72. The lowest BCUT2D eigenvalue weighted by molar-refractivity contribution is -0.128. The van der Waals surface area contributed by atoms with Crippen LogP contribution in [0.1, 0.15) is 4.88 Å². The monoisotopic (exact) mass is 280 g/mol. The number of rotatable bonds is 3. The van der Waals surface area contributed by atoms with Gasteiger partial charge in [-0.25, -0.2) is 4.79 Å². The fourth-order valence-corrected chi connectivity index (χ4v) is 2.58. The van der Waals surface area contributed by atoms with Crippen LogP contribution in [0.4, 0.5) is 0 Å². The Balaban J connectivity index is 1.81. The lowest BCUT2D eigenvalue weighted by atomic mass is 10.1. The number of esters is 1. The van der Waals surface area contributed by atoms with Gasteiger partial charge in [0.15, 0.2) is 0 Å². The number of thiophene rings is 1. The number of carbonyl (C=O) groups excluding carboxylic acids is 1. The second-order valence-corrected chi connectivity index (χ2v) is 5.23. The topological polar surface area (TPSA) is 26.3 Å². The smallest absolute Gasteiger partial charge is 0.336 e. The molecule has 0 saturated carbocycles. The van der Waals surface area contributed by atoms with Crippen molar-refractivity contribution in [1.29, 1.82) is 0 Å². The summed E-state index contributed by atoms with van der Waals surface area (Å²) in [4.78, 5) is 12.9. The van der Waals surface area contributed by atoms with Gasteiger partial charge >= 0.3 is 5.97 Å². The molecule has 1 heterocycles. The fraction of sp³-hybridized carbons (Fsp3) is 0. The van der Waals surface area contributed by atoms with Crippen molar-refractivity contribution in [3.8, 4) is 5.75 Å². The summed E-state index contributed by atoms with van der Waals surface area (Å²) >= 11 is 1.58. The van der Waals surface area contributed by atoms with Gasteiger partial charge in [0, 0.05) is 16.3 Å². The Hall–Kier alpha value is -2.39. The molecular weight excluding hydrogens is 268 g/mol. The highest BCUT2D eigenvalue weighted by molar-refractivity contribution is 7.10. The Kier molecular flexibility index (Phi) is 3.61. The summed E-state index contributed by atoms with van der Waals surface area (Å²) in [5, 5.41) is 3.96. The number of ether oxygens (including phenoxy) is 1. The van der Waals surface area contributed by atoms with Gasteiger partial charge in [-0.05, 0) is 29.0 Å². The molecule has 0 amide bonds. The Morgan fingerprint density at radius 1 is 1.00 bits per heavy atom. The molecule has 3 aromatic rings. The minimum absolute atomic E-state index is 0.366. The van der Waals surface area contributed by atoms with Gasteiger partial charge in [-0.3, -0.25) is 0 Å². The van der Waals surface area contributed by atoms with Crippen molar-refractivity contribution in [3.05, 3.63) is 70.9 Å². The van der Waals surface area contributed by atoms with E-state index in [0.29, 0.717) is 5.75 Å². The average Bonchev–Trinajstić information content (AvgIpc) is 2.99. The molecule has 3 rings (SSSR count). The molecule has 0 aliphatic rings. The first-order valence-electron chi connectivity index (χ1n) is 6.24. The fourth-order valence-electron chi connectivity index (χ4n) is 1.96. The molecule has 2 nitrogen and oxygen atoms in total. The maximum absolute atomic E-state index is 11.8. The van der Waals surface area contributed by atoms with E-state index in [0.717, 1.165) is 15.6 Å². The van der Waals surface area contributed by atoms with Crippen molar-refractivity contribution in [2.75, 3.05) is 0 Å². The summed E-state index contributed by atoms with van der Waals surface area (Å²) in [5.41, 5.74) is 0. The van der Waals surface area contributed by atoms with E-state index in [4.69, 9.17) is 4.74 Å². The minimum atomic E-state index is -0.366. The van der Waals surface area contributed by atoms with E-state index in [1.54, 1.807) is 23.5 Å². The average molecular weight is 280 g/mol. The number of hydrogen-bond acceptors (Lipinski definition) is 3. The van der Waals surface area contributed by atoms with Crippen molar-refractivity contribution in [2.24, 2.45) is 0 Å². The summed E-state index contributed by atoms with van der Waals surface area (Å²) in [5.74, 6) is 0.221. The van der Waals surface area contributed by atoms with Crippen molar-refractivity contribution in [3.63, 3.8) is 0 Å². The highest BCUT2D eigenvalue weighted by atomic mass is 32.1. The molecule has 1 aromatic heterocycles. The largest absolute Gasteiger partial charge is 0.423 e. The first-order valence-corrected chi connectivity index (χ1v) is 7.12. The Labute approximate surface area is 120 Å². The molecule has 0 saturated heterocycles. The minimum Gasteiger partial charge on any atom is -0.423 e. The van der Waals surface area contributed by atoms with Crippen LogP contribution < -0.4 is 4.74 Å². The number of benzene rings is 2. The van der Waals surface area contributed by atoms with Crippen LogP contribution in [0, 0.1) is 0 Å².